The van der Waals surface area contributed by atoms with Crippen LogP contribution in [0, 0.1) is 11.3 Å². The maximum atomic E-state index is 12.1. The molecule has 1 atom stereocenters. The number of halogens is 2. The monoisotopic (exact) mass is 394 g/mol. The van der Waals surface area contributed by atoms with Crippen LogP contribution >= 0.6 is 31.9 Å². The van der Waals surface area contributed by atoms with E-state index < -0.39 is 16.1 Å². The summed E-state index contributed by atoms with van der Waals surface area (Å²) in [5.41, 5.74) is 0. The zero-order chi connectivity index (χ0) is 13.8. The van der Waals surface area contributed by atoms with Crippen molar-refractivity contribution in [3.8, 4) is 6.07 Å². The molecule has 1 aromatic rings. The molecular weight excluding hydrogens is 384 g/mol. The minimum absolute atomic E-state index is 0.119. The fraction of sp³-hybridized carbons (Fsp3) is 0.364. The van der Waals surface area contributed by atoms with E-state index in [1.54, 1.807) is 12.1 Å². The van der Waals surface area contributed by atoms with Crippen LogP contribution in [0.1, 0.15) is 19.8 Å². The van der Waals surface area contributed by atoms with Gasteiger partial charge in [-0.25, -0.2) is 8.42 Å². The summed E-state index contributed by atoms with van der Waals surface area (Å²) in [6, 6.07) is 6.11. The molecule has 0 fully saturated rings. The fourth-order valence-corrected chi connectivity index (χ4v) is 4.05. The van der Waals surface area contributed by atoms with Gasteiger partial charge in [0.2, 0.25) is 10.0 Å². The van der Waals surface area contributed by atoms with Crippen molar-refractivity contribution < 1.29 is 8.42 Å². The number of hydrogen-bond acceptors (Lipinski definition) is 3. The molecule has 0 aromatic heterocycles. The summed E-state index contributed by atoms with van der Waals surface area (Å²) in [5, 5.41) is 8.89. The van der Waals surface area contributed by atoms with E-state index in [1.165, 1.54) is 6.07 Å². The third kappa shape index (κ3) is 4.05. The molecular formula is C11H12Br2N2O2S. The summed E-state index contributed by atoms with van der Waals surface area (Å²) in [6.45, 7) is 1.90. The predicted molar refractivity (Wildman–Crippen MR) is 76.5 cm³/mol. The van der Waals surface area contributed by atoms with Gasteiger partial charge in [-0.05, 0) is 40.5 Å². The number of hydrogen-bond donors (Lipinski definition) is 1. The first-order valence-corrected chi connectivity index (χ1v) is 8.34. The summed E-state index contributed by atoms with van der Waals surface area (Å²) >= 11 is 6.42. The van der Waals surface area contributed by atoms with E-state index >= 15 is 0 Å². The number of nitrogens with one attached hydrogen (secondary N) is 1. The molecule has 1 N–H and O–H groups in total. The highest BCUT2D eigenvalue weighted by molar-refractivity contribution is 9.11. The normalized spacial score (nSPS) is 13.0. The van der Waals surface area contributed by atoms with Crippen molar-refractivity contribution in [1.82, 2.24) is 4.72 Å². The van der Waals surface area contributed by atoms with Crippen LogP contribution in [0.4, 0.5) is 0 Å². The van der Waals surface area contributed by atoms with E-state index in [2.05, 4.69) is 36.6 Å². The Morgan fingerprint density at radius 3 is 2.67 bits per heavy atom. The second-order valence-corrected chi connectivity index (χ2v) is 7.12. The van der Waals surface area contributed by atoms with E-state index in [9.17, 15) is 8.42 Å². The Bertz CT molecular complexity index is 567. The number of nitriles is 1. The molecule has 7 heteroatoms. The van der Waals surface area contributed by atoms with Crippen molar-refractivity contribution in [2.24, 2.45) is 0 Å². The van der Waals surface area contributed by atoms with Crippen LogP contribution in [0.25, 0.3) is 0 Å². The lowest BCUT2D eigenvalue weighted by molar-refractivity contribution is 0.562. The lowest BCUT2D eigenvalue weighted by Gasteiger charge is -2.12. The van der Waals surface area contributed by atoms with E-state index in [0.29, 0.717) is 15.4 Å². The largest absolute Gasteiger partial charge is 0.242 e. The fourth-order valence-electron chi connectivity index (χ4n) is 1.37. The summed E-state index contributed by atoms with van der Waals surface area (Å²) < 4.78 is 27.8. The smallest absolute Gasteiger partial charge is 0.207 e. The van der Waals surface area contributed by atoms with Gasteiger partial charge in [0.05, 0.1) is 11.0 Å². The first-order valence-electron chi connectivity index (χ1n) is 5.27. The van der Waals surface area contributed by atoms with Gasteiger partial charge in [0, 0.05) is 8.95 Å². The Labute approximate surface area is 124 Å². The molecule has 0 spiro atoms. The number of sulfonamides is 1. The molecule has 0 saturated heterocycles. The number of nitrogens with zero attached hydrogens (tertiary/aromatic N) is 1. The third-order valence-electron chi connectivity index (χ3n) is 2.21. The van der Waals surface area contributed by atoms with Crippen LogP contribution in [-0.4, -0.2) is 14.5 Å². The maximum absolute atomic E-state index is 12.1. The van der Waals surface area contributed by atoms with Gasteiger partial charge in [-0.3, -0.25) is 0 Å². The SMILES string of the molecule is CCCC(C#N)NS(=O)(=O)c1cc(Br)ccc1Br. The van der Waals surface area contributed by atoms with Crippen LogP contribution in [0.2, 0.25) is 0 Å². The maximum Gasteiger partial charge on any atom is 0.242 e. The van der Waals surface area contributed by atoms with E-state index in [1.807, 2.05) is 13.0 Å². The van der Waals surface area contributed by atoms with Crippen molar-refractivity contribution in [2.75, 3.05) is 0 Å². The van der Waals surface area contributed by atoms with Gasteiger partial charge in [-0.2, -0.15) is 9.98 Å². The molecule has 0 aliphatic rings. The molecule has 0 saturated carbocycles. The minimum atomic E-state index is -3.70. The van der Waals surface area contributed by atoms with Gasteiger partial charge in [0.25, 0.3) is 0 Å². The number of benzene rings is 1. The Kier molecular flexibility index (Phi) is 5.79. The van der Waals surface area contributed by atoms with Crippen LogP contribution in [-0.2, 0) is 10.0 Å². The highest BCUT2D eigenvalue weighted by atomic mass is 79.9. The molecule has 4 nitrogen and oxygen atoms in total. The first-order chi connectivity index (χ1) is 8.40. The Hall–Kier alpha value is -0.420. The molecule has 0 bridgehead atoms. The number of rotatable bonds is 5. The van der Waals surface area contributed by atoms with Crippen LogP contribution in [0.3, 0.4) is 0 Å². The molecule has 0 aliphatic carbocycles. The third-order valence-corrected chi connectivity index (χ3v) is 5.17. The molecule has 0 heterocycles. The molecule has 0 amide bonds. The first kappa shape index (κ1) is 15.6. The second-order valence-electron chi connectivity index (χ2n) is 3.67. The van der Waals surface area contributed by atoms with Crippen molar-refractivity contribution in [1.29, 1.82) is 5.26 Å². The average Bonchev–Trinajstić information content (AvgIpc) is 2.31. The van der Waals surface area contributed by atoms with E-state index in [-0.39, 0.29) is 4.90 Å². The zero-order valence-electron chi connectivity index (χ0n) is 9.65. The van der Waals surface area contributed by atoms with Gasteiger partial charge in [0.1, 0.15) is 6.04 Å². The molecule has 0 aliphatic heterocycles. The lowest BCUT2D eigenvalue weighted by atomic mass is 10.2. The zero-order valence-corrected chi connectivity index (χ0v) is 13.6. The summed E-state index contributed by atoms with van der Waals surface area (Å²) in [4.78, 5) is 0.119. The van der Waals surface area contributed by atoms with Crippen LogP contribution in [0.15, 0.2) is 32.0 Å². The molecule has 1 rings (SSSR count). The van der Waals surface area contributed by atoms with Crippen LogP contribution < -0.4 is 4.72 Å². The Morgan fingerprint density at radius 2 is 2.11 bits per heavy atom. The second kappa shape index (κ2) is 6.66. The van der Waals surface area contributed by atoms with Crippen molar-refractivity contribution in [2.45, 2.75) is 30.7 Å². The molecule has 18 heavy (non-hydrogen) atoms. The Balaban J connectivity index is 3.07. The lowest BCUT2D eigenvalue weighted by Crippen LogP contribution is -2.33. The van der Waals surface area contributed by atoms with Crippen molar-refractivity contribution in [3.63, 3.8) is 0 Å². The topological polar surface area (TPSA) is 70.0 Å². The predicted octanol–water partition coefficient (Wildman–Crippen LogP) is 3.18. The van der Waals surface area contributed by atoms with Gasteiger partial charge in [0.15, 0.2) is 0 Å². The van der Waals surface area contributed by atoms with Gasteiger partial charge < -0.3 is 0 Å². The minimum Gasteiger partial charge on any atom is -0.207 e. The highest BCUT2D eigenvalue weighted by Gasteiger charge is 2.21. The van der Waals surface area contributed by atoms with E-state index in [0.717, 1.165) is 6.42 Å². The van der Waals surface area contributed by atoms with E-state index in [4.69, 9.17) is 5.26 Å². The highest BCUT2D eigenvalue weighted by Crippen LogP contribution is 2.25. The summed E-state index contributed by atoms with van der Waals surface area (Å²) in [6.07, 6.45) is 1.22. The van der Waals surface area contributed by atoms with Crippen molar-refractivity contribution >= 4 is 41.9 Å². The molecule has 98 valence electrons. The molecule has 1 unspecified atom stereocenters. The van der Waals surface area contributed by atoms with Crippen LogP contribution in [0.5, 0.6) is 0 Å². The van der Waals surface area contributed by atoms with Gasteiger partial charge in [-0.15, -0.1) is 0 Å². The molecule has 1 aromatic carbocycles. The van der Waals surface area contributed by atoms with Gasteiger partial charge in [-0.1, -0.05) is 29.3 Å². The van der Waals surface area contributed by atoms with Gasteiger partial charge >= 0.3 is 0 Å². The Morgan fingerprint density at radius 1 is 1.44 bits per heavy atom. The molecule has 0 radical (unpaired) electrons. The van der Waals surface area contributed by atoms with Crippen molar-refractivity contribution in [3.05, 3.63) is 27.1 Å². The standard InChI is InChI=1S/C11H12Br2N2O2S/c1-2-3-9(7-14)15-18(16,17)11-6-8(12)4-5-10(11)13/h4-6,9,15H,2-3H2,1H3. The quantitative estimate of drug-likeness (QED) is 0.832. The summed E-state index contributed by atoms with van der Waals surface area (Å²) in [5.74, 6) is 0. The average molecular weight is 396 g/mol. The summed E-state index contributed by atoms with van der Waals surface area (Å²) in [7, 11) is -3.70.